The summed E-state index contributed by atoms with van der Waals surface area (Å²) in [5.41, 5.74) is -0.108. The highest BCUT2D eigenvalue weighted by Gasteiger charge is 2.35. The molecular formula is C8H13BrN4O. The van der Waals surface area contributed by atoms with E-state index in [0.29, 0.717) is 0 Å². The SMILES string of the molecule is Cn1nnc(CC2(CBr)CCCO2)n1. The van der Waals surface area contributed by atoms with E-state index in [1.54, 1.807) is 7.05 Å². The summed E-state index contributed by atoms with van der Waals surface area (Å²) in [6, 6.07) is 0. The lowest BCUT2D eigenvalue weighted by Crippen LogP contribution is -2.33. The van der Waals surface area contributed by atoms with Crippen molar-refractivity contribution in [3.05, 3.63) is 5.82 Å². The van der Waals surface area contributed by atoms with E-state index < -0.39 is 0 Å². The fourth-order valence-corrected chi connectivity index (χ4v) is 2.37. The lowest BCUT2D eigenvalue weighted by molar-refractivity contribution is 0.0243. The third kappa shape index (κ3) is 1.95. The van der Waals surface area contributed by atoms with E-state index in [-0.39, 0.29) is 5.60 Å². The maximum absolute atomic E-state index is 5.74. The maximum Gasteiger partial charge on any atom is 0.177 e. The first-order valence-corrected chi connectivity index (χ1v) is 5.79. The molecule has 1 atom stereocenters. The maximum atomic E-state index is 5.74. The van der Waals surface area contributed by atoms with Gasteiger partial charge in [-0.2, -0.15) is 4.80 Å². The van der Waals surface area contributed by atoms with Crippen molar-refractivity contribution in [2.45, 2.75) is 24.9 Å². The highest BCUT2D eigenvalue weighted by atomic mass is 79.9. The van der Waals surface area contributed by atoms with Crippen molar-refractivity contribution in [3.63, 3.8) is 0 Å². The topological polar surface area (TPSA) is 52.8 Å². The highest BCUT2D eigenvalue weighted by molar-refractivity contribution is 9.09. The van der Waals surface area contributed by atoms with Crippen LogP contribution in [0, 0.1) is 0 Å². The molecule has 0 bridgehead atoms. The lowest BCUT2D eigenvalue weighted by atomic mass is 9.98. The number of hydrogen-bond donors (Lipinski definition) is 0. The van der Waals surface area contributed by atoms with E-state index in [4.69, 9.17) is 4.74 Å². The van der Waals surface area contributed by atoms with Crippen LogP contribution >= 0.6 is 15.9 Å². The second kappa shape index (κ2) is 3.94. The molecule has 6 heteroatoms. The molecule has 2 rings (SSSR count). The highest BCUT2D eigenvalue weighted by Crippen LogP contribution is 2.30. The van der Waals surface area contributed by atoms with Crippen molar-refractivity contribution in [1.82, 2.24) is 20.2 Å². The Balaban J connectivity index is 2.08. The molecule has 1 aliphatic heterocycles. The van der Waals surface area contributed by atoms with Crippen molar-refractivity contribution in [2.75, 3.05) is 11.9 Å². The van der Waals surface area contributed by atoms with Gasteiger partial charge in [-0.3, -0.25) is 0 Å². The molecule has 1 aromatic heterocycles. The molecule has 0 N–H and O–H groups in total. The Labute approximate surface area is 90.9 Å². The van der Waals surface area contributed by atoms with Crippen LogP contribution in [0.4, 0.5) is 0 Å². The largest absolute Gasteiger partial charge is 0.374 e. The van der Waals surface area contributed by atoms with Gasteiger partial charge in [0.15, 0.2) is 5.82 Å². The molecule has 2 heterocycles. The summed E-state index contributed by atoms with van der Waals surface area (Å²) in [6.45, 7) is 0.839. The first-order chi connectivity index (χ1) is 6.74. The lowest BCUT2D eigenvalue weighted by Gasteiger charge is -2.23. The van der Waals surface area contributed by atoms with Gasteiger partial charge in [0.25, 0.3) is 0 Å². The van der Waals surface area contributed by atoms with Crippen molar-refractivity contribution in [1.29, 1.82) is 0 Å². The van der Waals surface area contributed by atoms with Crippen LogP contribution in [0.3, 0.4) is 0 Å². The Morgan fingerprint density at radius 3 is 3.00 bits per heavy atom. The Bertz CT molecular complexity index is 308. The summed E-state index contributed by atoms with van der Waals surface area (Å²) < 4.78 is 5.74. The molecule has 1 unspecified atom stereocenters. The van der Waals surface area contributed by atoms with Crippen LogP contribution in [-0.2, 0) is 18.2 Å². The van der Waals surface area contributed by atoms with E-state index in [9.17, 15) is 0 Å². The number of nitrogens with zero attached hydrogens (tertiary/aromatic N) is 4. The minimum absolute atomic E-state index is 0.108. The average molecular weight is 261 g/mol. The third-order valence-corrected chi connectivity index (χ3v) is 3.48. The fourth-order valence-electron chi connectivity index (χ4n) is 1.73. The minimum atomic E-state index is -0.108. The average Bonchev–Trinajstić information content (AvgIpc) is 2.77. The summed E-state index contributed by atoms with van der Waals surface area (Å²) in [6.07, 6.45) is 2.93. The molecule has 78 valence electrons. The molecule has 1 saturated heterocycles. The second-order valence-electron chi connectivity index (χ2n) is 3.64. The van der Waals surface area contributed by atoms with Gasteiger partial charge in [-0.25, -0.2) is 0 Å². The van der Waals surface area contributed by atoms with E-state index >= 15 is 0 Å². The first-order valence-electron chi connectivity index (χ1n) is 4.67. The van der Waals surface area contributed by atoms with Crippen LogP contribution in [0.2, 0.25) is 0 Å². The number of halogens is 1. The number of aryl methyl sites for hydroxylation is 1. The molecule has 0 aromatic carbocycles. The van der Waals surface area contributed by atoms with E-state index in [0.717, 1.165) is 37.0 Å². The molecule has 0 spiro atoms. The van der Waals surface area contributed by atoms with Crippen LogP contribution in [0.5, 0.6) is 0 Å². The van der Waals surface area contributed by atoms with Crippen molar-refractivity contribution in [3.8, 4) is 0 Å². The van der Waals surface area contributed by atoms with Crippen LogP contribution < -0.4 is 0 Å². The zero-order valence-electron chi connectivity index (χ0n) is 8.11. The summed E-state index contributed by atoms with van der Waals surface area (Å²) in [7, 11) is 1.77. The Hall–Kier alpha value is -0.490. The van der Waals surface area contributed by atoms with Gasteiger partial charge in [0, 0.05) is 18.4 Å². The molecule has 0 amide bonds. The molecule has 0 saturated carbocycles. The predicted molar refractivity (Wildman–Crippen MR) is 54.2 cm³/mol. The number of hydrogen-bond acceptors (Lipinski definition) is 4. The van der Waals surface area contributed by atoms with Crippen LogP contribution in [-0.4, -0.2) is 37.7 Å². The third-order valence-electron chi connectivity index (χ3n) is 2.46. The molecule has 1 aliphatic rings. The van der Waals surface area contributed by atoms with Gasteiger partial charge in [0.2, 0.25) is 0 Å². The monoisotopic (exact) mass is 260 g/mol. The van der Waals surface area contributed by atoms with E-state index in [1.165, 1.54) is 4.80 Å². The second-order valence-corrected chi connectivity index (χ2v) is 4.20. The Morgan fingerprint density at radius 2 is 2.50 bits per heavy atom. The Kier molecular flexibility index (Phi) is 2.83. The van der Waals surface area contributed by atoms with Crippen LogP contribution in [0.25, 0.3) is 0 Å². The number of alkyl halides is 1. The zero-order valence-corrected chi connectivity index (χ0v) is 9.70. The number of rotatable bonds is 3. The fraction of sp³-hybridized carbons (Fsp3) is 0.875. The summed E-state index contributed by atoms with van der Waals surface area (Å²) in [4.78, 5) is 1.48. The molecule has 0 aliphatic carbocycles. The molecule has 1 fully saturated rings. The van der Waals surface area contributed by atoms with Gasteiger partial charge in [-0.1, -0.05) is 15.9 Å². The number of aromatic nitrogens is 4. The van der Waals surface area contributed by atoms with E-state index in [2.05, 4.69) is 31.3 Å². The normalized spacial score (nSPS) is 27.0. The van der Waals surface area contributed by atoms with Crippen molar-refractivity contribution < 1.29 is 4.74 Å². The summed E-state index contributed by atoms with van der Waals surface area (Å²) >= 11 is 3.49. The van der Waals surface area contributed by atoms with Gasteiger partial charge in [-0.05, 0) is 18.1 Å². The standard InChI is InChI=1S/C8H13BrN4O/c1-13-11-7(10-12-13)5-8(6-9)3-2-4-14-8/h2-6H2,1H3. The quantitative estimate of drug-likeness (QED) is 0.751. The van der Waals surface area contributed by atoms with Gasteiger partial charge in [0.1, 0.15) is 0 Å². The molecule has 5 nitrogen and oxygen atoms in total. The van der Waals surface area contributed by atoms with E-state index in [1.807, 2.05) is 0 Å². The number of ether oxygens (including phenoxy) is 1. The predicted octanol–water partition coefficient (Wildman–Crippen LogP) is 0.697. The smallest absolute Gasteiger partial charge is 0.177 e. The first kappa shape index (κ1) is 10.0. The van der Waals surface area contributed by atoms with Gasteiger partial charge in [-0.15, -0.1) is 10.2 Å². The molecule has 14 heavy (non-hydrogen) atoms. The van der Waals surface area contributed by atoms with Gasteiger partial charge in [0.05, 0.1) is 12.6 Å². The summed E-state index contributed by atoms with van der Waals surface area (Å²) in [5.74, 6) is 0.758. The molecule has 0 radical (unpaired) electrons. The number of tetrazole rings is 1. The van der Waals surface area contributed by atoms with Crippen molar-refractivity contribution in [2.24, 2.45) is 7.05 Å². The summed E-state index contributed by atoms with van der Waals surface area (Å²) in [5, 5.41) is 12.8. The minimum Gasteiger partial charge on any atom is -0.374 e. The van der Waals surface area contributed by atoms with Crippen molar-refractivity contribution >= 4 is 15.9 Å². The molecule has 1 aromatic rings. The Morgan fingerprint density at radius 1 is 1.64 bits per heavy atom. The van der Waals surface area contributed by atoms with Gasteiger partial charge >= 0.3 is 0 Å². The zero-order chi connectivity index (χ0) is 10.0. The van der Waals surface area contributed by atoms with Crippen LogP contribution in [0.1, 0.15) is 18.7 Å². The molecular weight excluding hydrogens is 248 g/mol. The van der Waals surface area contributed by atoms with Crippen LogP contribution in [0.15, 0.2) is 0 Å². The van der Waals surface area contributed by atoms with Gasteiger partial charge < -0.3 is 4.74 Å².